The summed E-state index contributed by atoms with van der Waals surface area (Å²) in [6.45, 7) is 4.93. The molecule has 1 N–H and O–H groups in total. The van der Waals surface area contributed by atoms with Crippen LogP contribution in [0.1, 0.15) is 71.0 Å². The van der Waals surface area contributed by atoms with E-state index in [2.05, 4.69) is 25.0 Å². The summed E-state index contributed by atoms with van der Waals surface area (Å²) in [7, 11) is 0. The standard InChI is InChI=1S/C26H34N2O2/c1-25-13-11-19(29)17-18(25)7-8-21-22-9-10-24(26(22,2)14-12-23(21)25)28-27-15-3-5-20-6-4-16-30-20/h3-7,15-16,19,21-23,29H,8-14,17H2,1-2H3/t19-,21+,22-,23-,25-,26+/m0/s1. The number of nitrogens with zero attached hydrogens (tertiary/aromatic N) is 2. The van der Waals surface area contributed by atoms with E-state index in [0.29, 0.717) is 11.3 Å². The summed E-state index contributed by atoms with van der Waals surface area (Å²) in [5.41, 5.74) is 3.34. The Labute approximate surface area is 179 Å². The third kappa shape index (κ3) is 3.24. The van der Waals surface area contributed by atoms with Gasteiger partial charge in [0.2, 0.25) is 0 Å². The highest BCUT2D eigenvalue weighted by Gasteiger charge is 2.57. The number of aliphatic hydroxyl groups is 1. The summed E-state index contributed by atoms with van der Waals surface area (Å²) >= 11 is 0. The van der Waals surface area contributed by atoms with Gasteiger partial charge in [0, 0.05) is 17.3 Å². The van der Waals surface area contributed by atoms with Gasteiger partial charge in [0.25, 0.3) is 0 Å². The van der Waals surface area contributed by atoms with Crippen LogP contribution >= 0.6 is 0 Å². The third-order valence-corrected chi connectivity index (χ3v) is 8.95. The molecule has 4 aliphatic rings. The normalized spacial score (nSPS) is 42.4. The molecule has 0 amide bonds. The number of aliphatic hydroxyl groups excluding tert-OH is 1. The molecule has 0 aromatic carbocycles. The zero-order chi connectivity index (χ0) is 20.8. The van der Waals surface area contributed by atoms with Crippen LogP contribution in [0.15, 0.2) is 50.7 Å². The van der Waals surface area contributed by atoms with Gasteiger partial charge in [-0.25, -0.2) is 0 Å². The van der Waals surface area contributed by atoms with Crippen molar-refractivity contribution in [2.45, 2.75) is 71.3 Å². The van der Waals surface area contributed by atoms with Gasteiger partial charge < -0.3 is 9.52 Å². The van der Waals surface area contributed by atoms with Crippen LogP contribution in [0.5, 0.6) is 0 Å². The lowest BCUT2D eigenvalue weighted by Crippen LogP contribution is -2.50. The molecule has 0 spiro atoms. The molecule has 1 aromatic heterocycles. The lowest BCUT2D eigenvalue weighted by molar-refractivity contribution is -0.0209. The van der Waals surface area contributed by atoms with Gasteiger partial charge in [0.1, 0.15) is 5.76 Å². The number of allylic oxidation sites excluding steroid dienone is 2. The van der Waals surface area contributed by atoms with E-state index in [-0.39, 0.29) is 11.5 Å². The Kier molecular flexibility index (Phi) is 5.09. The van der Waals surface area contributed by atoms with Gasteiger partial charge in [-0.15, -0.1) is 0 Å². The van der Waals surface area contributed by atoms with E-state index in [9.17, 15) is 5.11 Å². The summed E-state index contributed by atoms with van der Waals surface area (Å²) in [6.07, 6.45) is 18.6. The molecule has 160 valence electrons. The molecule has 5 rings (SSSR count). The number of hydrogen-bond acceptors (Lipinski definition) is 4. The van der Waals surface area contributed by atoms with Crippen LogP contribution in [0.25, 0.3) is 6.08 Å². The molecule has 0 saturated heterocycles. The van der Waals surface area contributed by atoms with Crippen molar-refractivity contribution in [2.75, 3.05) is 0 Å². The first-order valence-electron chi connectivity index (χ1n) is 11.7. The zero-order valence-corrected chi connectivity index (χ0v) is 18.3. The predicted octanol–water partition coefficient (Wildman–Crippen LogP) is 6.04. The molecule has 4 aliphatic carbocycles. The second-order valence-corrected chi connectivity index (χ2v) is 10.3. The van der Waals surface area contributed by atoms with E-state index in [0.717, 1.165) is 43.3 Å². The first kappa shape index (κ1) is 20.0. The van der Waals surface area contributed by atoms with Crippen molar-refractivity contribution in [2.24, 2.45) is 38.8 Å². The molecule has 1 heterocycles. The highest BCUT2D eigenvalue weighted by atomic mass is 16.3. The Morgan fingerprint density at radius 2 is 1.97 bits per heavy atom. The molecule has 4 heteroatoms. The average Bonchev–Trinajstić information content (AvgIpc) is 3.36. The molecule has 0 unspecified atom stereocenters. The van der Waals surface area contributed by atoms with Crippen LogP contribution in [0.4, 0.5) is 0 Å². The zero-order valence-electron chi connectivity index (χ0n) is 18.3. The number of rotatable bonds is 3. The van der Waals surface area contributed by atoms with Crippen molar-refractivity contribution in [1.82, 2.24) is 0 Å². The first-order chi connectivity index (χ1) is 14.5. The van der Waals surface area contributed by atoms with Crippen LogP contribution in [0.3, 0.4) is 0 Å². The molecule has 0 radical (unpaired) electrons. The van der Waals surface area contributed by atoms with E-state index in [1.54, 1.807) is 18.1 Å². The molecule has 30 heavy (non-hydrogen) atoms. The quantitative estimate of drug-likeness (QED) is 0.378. The van der Waals surface area contributed by atoms with Crippen molar-refractivity contribution in [3.8, 4) is 0 Å². The number of hydrogen-bond donors (Lipinski definition) is 1. The molecule has 1 aromatic rings. The second-order valence-electron chi connectivity index (χ2n) is 10.3. The van der Waals surface area contributed by atoms with Gasteiger partial charge >= 0.3 is 0 Å². The van der Waals surface area contributed by atoms with Gasteiger partial charge in [0.05, 0.1) is 12.4 Å². The first-order valence-corrected chi connectivity index (χ1v) is 11.7. The minimum Gasteiger partial charge on any atom is -0.465 e. The third-order valence-electron chi connectivity index (χ3n) is 8.95. The van der Waals surface area contributed by atoms with Crippen molar-refractivity contribution in [3.05, 3.63) is 41.9 Å². The molecular weight excluding hydrogens is 372 g/mol. The van der Waals surface area contributed by atoms with E-state index in [1.165, 1.54) is 31.4 Å². The lowest BCUT2D eigenvalue weighted by atomic mass is 9.48. The SMILES string of the molecule is C[C@]12CC[C@H](O)CC1=CC[C@H]1[C@@H]2CC[C@@]2(C)C(=NN=CC=Cc3ccco3)CC[C@@H]12. The maximum absolute atomic E-state index is 10.2. The topological polar surface area (TPSA) is 58.1 Å². The molecule has 6 atom stereocenters. The minimum atomic E-state index is -0.125. The molecule has 0 aliphatic heterocycles. The van der Waals surface area contributed by atoms with Gasteiger partial charge in [-0.05, 0) is 98.8 Å². The van der Waals surface area contributed by atoms with Gasteiger partial charge in [-0.2, -0.15) is 10.2 Å². The number of furan rings is 1. The Bertz CT molecular complexity index is 896. The van der Waals surface area contributed by atoms with Crippen molar-refractivity contribution in [1.29, 1.82) is 0 Å². The largest absolute Gasteiger partial charge is 0.465 e. The van der Waals surface area contributed by atoms with Crippen LogP contribution in [-0.2, 0) is 0 Å². The van der Waals surface area contributed by atoms with Crippen LogP contribution in [0, 0.1) is 28.6 Å². The number of fused-ring (bicyclic) bond motifs is 5. The van der Waals surface area contributed by atoms with Crippen LogP contribution in [-0.4, -0.2) is 23.1 Å². The van der Waals surface area contributed by atoms with Gasteiger partial charge in [0.15, 0.2) is 0 Å². The van der Waals surface area contributed by atoms with E-state index < -0.39 is 0 Å². The fraction of sp³-hybridized carbons (Fsp3) is 0.615. The summed E-state index contributed by atoms with van der Waals surface area (Å²) in [5, 5.41) is 19.3. The lowest BCUT2D eigenvalue weighted by Gasteiger charge is -2.57. The minimum absolute atomic E-state index is 0.125. The maximum Gasteiger partial charge on any atom is 0.126 e. The Morgan fingerprint density at radius 3 is 2.80 bits per heavy atom. The summed E-state index contributed by atoms with van der Waals surface area (Å²) in [4.78, 5) is 0. The second kappa shape index (κ2) is 7.64. The fourth-order valence-corrected chi connectivity index (χ4v) is 7.26. The van der Waals surface area contributed by atoms with Gasteiger partial charge in [-0.3, -0.25) is 0 Å². The highest BCUT2D eigenvalue weighted by molar-refractivity contribution is 5.93. The highest BCUT2D eigenvalue weighted by Crippen LogP contribution is 2.64. The Morgan fingerprint density at radius 1 is 1.13 bits per heavy atom. The monoisotopic (exact) mass is 406 g/mol. The van der Waals surface area contributed by atoms with Crippen molar-refractivity contribution >= 4 is 18.0 Å². The molecular formula is C26H34N2O2. The average molecular weight is 407 g/mol. The smallest absolute Gasteiger partial charge is 0.126 e. The summed E-state index contributed by atoms with van der Waals surface area (Å²) in [6, 6.07) is 3.81. The van der Waals surface area contributed by atoms with Gasteiger partial charge in [-0.1, -0.05) is 25.5 Å². The molecule has 0 bridgehead atoms. The van der Waals surface area contributed by atoms with E-state index in [4.69, 9.17) is 9.52 Å². The van der Waals surface area contributed by atoms with Crippen molar-refractivity contribution in [3.63, 3.8) is 0 Å². The van der Waals surface area contributed by atoms with Crippen molar-refractivity contribution < 1.29 is 9.52 Å². The Hall–Kier alpha value is -1.94. The molecule has 4 nitrogen and oxygen atoms in total. The summed E-state index contributed by atoms with van der Waals surface area (Å²) < 4.78 is 5.30. The van der Waals surface area contributed by atoms with E-state index >= 15 is 0 Å². The molecule has 3 saturated carbocycles. The molecule has 3 fully saturated rings. The predicted molar refractivity (Wildman–Crippen MR) is 121 cm³/mol. The van der Waals surface area contributed by atoms with E-state index in [1.807, 2.05) is 24.3 Å². The Balaban J connectivity index is 1.33. The summed E-state index contributed by atoms with van der Waals surface area (Å²) in [5.74, 6) is 3.06. The van der Waals surface area contributed by atoms with Crippen LogP contribution in [0.2, 0.25) is 0 Å². The maximum atomic E-state index is 10.2. The van der Waals surface area contributed by atoms with Crippen LogP contribution < -0.4 is 0 Å². The fourth-order valence-electron chi connectivity index (χ4n) is 7.26.